The maximum Gasteiger partial charge on any atom is 0.134 e. The van der Waals surface area contributed by atoms with Gasteiger partial charge in [0.2, 0.25) is 0 Å². The first-order chi connectivity index (χ1) is 7.65. The lowest BCUT2D eigenvalue weighted by Gasteiger charge is -2.16. The molecule has 1 atom stereocenters. The number of rotatable bonds is 6. The summed E-state index contributed by atoms with van der Waals surface area (Å²) < 4.78 is 0. The van der Waals surface area contributed by atoms with E-state index >= 15 is 0 Å². The molecule has 0 aliphatic carbocycles. The van der Waals surface area contributed by atoms with Crippen molar-refractivity contribution in [2.45, 2.75) is 52.5 Å². The highest BCUT2D eigenvalue weighted by atomic mass is 15.0. The van der Waals surface area contributed by atoms with Crippen molar-refractivity contribution >= 4 is 11.6 Å². The zero-order valence-corrected chi connectivity index (χ0v) is 10.5. The van der Waals surface area contributed by atoms with Crippen LogP contribution in [0.25, 0.3) is 0 Å². The molecular formula is C12H22N4. The molecule has 0 saturated carbocycles. The summed E-state index contributed by atoms with van der Waals surface area (Å²) in [7, 11) is 0. The number of nitrogen functional groups attached to an aromatic ring is 1. The zero-order chi connectivity index (χ0) is 12.0. The fraction of sp³-hybridized carbons (Fsp3) is 0.667. The summed E-state index contributed by atoms with van der Waals surface area (Å²) in [6.07, 6.45) is 6.47. The average molecular weight is 222 g/mol. The molecule has 1 aromatic rings. The lowest BCUT2D eigenvalue weighted by Crippen LogP contribution is -2.17. The number of hydrogen-bond acceptors (Lipinski definition) is 4. The lowest BCUT2D eigenvalue weighted by atomic mass is 10.1. The summed E-state index contributed by atoms with van der Waals surface area (Å²) in [6, 6.07) is 0.430. The minimum atomic E-state index is 0.430. The molecule has 0 saturated heterocycles. The molecule has 0 aliphatic heterocycles. The van der Waals surface area contributed by atoms with Crippen LogP contribution >= 0.6 is 0 Å². The van der Waals surface area contributed by atoms with Gasteiger partial charge < -0.3 is 11.1 Å². The van der Waals surface area contributed by atoms with Gasteiger partial charge in [-0.15, -0.1) is 0 Å². The Bertz CT molecular complexity index is 325. The molecule has 90 valence electrons. The first-order valence-corrected chi connectivity index (χ1v) is 5.98. The quantitative estimate of drug-likeness (QED) is 0.726. The monoisotopic (exact) mass is 222 g/mol. The number of unbranched alkanes of at least 4 members (excludes halogenated alkanes) is 2. The van der Waals surface area contributed by atoms with Gasteiger partial charge in [0, 0.05) is 11.6 Å². The summed E-state index contributed by atoms with van der Waals surface area (Å²) >= 11 is 0. The molecule has 0 spiro atoms. The van der Waals surface area contributed by atoms with E-state index in [1.54, 1.807) is 0 Å². The smallest absolute Gasteiger partial charge is 0.134 e. The van der Waals surface area contributed by atoms with Gasteiger partial charge in [-0.3, -0.25) is 0 Å². The third kappa shape index (κ3) is 3.68. The minimum absolute atomic E-state index is 0.430. The van der Waals surface area contributed by atoms with Crippen molar-refractivity contribution in [3.63, 3.8) is 0 Å². The molecule has 0 bridgehead atoms. The topological polar surface area (TPSA) is 63.8 Å². The van der Waals surface area contributed by atoms with Crippen LogP contribution < -0.4 is 11.1 Å². The molecule has 1 unspecified atom stereocenters. The fourth-order valence-corrected chi connectivity index (χ4v) is 1.62. The maximum atomic E-state index is 5.73. The van der Waals surface area contributed by atoms with E-state index in [9.17, 15) is 0 Å². The molecule has 0 fully saturated rings. The Hall–Kier alpha value is -1.32. The Morgan fingerprint density at radius 1 is 1.38 bits per heavy atom. The first kappa shape index (κ1) is 12.7. The Kier molecular flexibility index (Phi) is 5.02. The van der Waals surface area contributed by atoms with Crippen LogP contribution in [0.1, 0.15) is 45.1 Å². The van der Waals surface area contributed by atoms with Gasteiger partial charge in [0.15, 0.2) is 0 Å². The number of nitrogens with two attached hydrogens (primary N) is 1. The number of nitrogens with one attached hydrogen (secondary N) is 1. The standard InChI is InChI=1S/C12H22N4/c1-4-5-6-7-9(2)16-12-10(3)11(13)14-8-15-12/h8-9H,4-7H2,1-3H3,(H3,13,14,15,16). The van der Waals surface area contributed by atoms with Crippen LogP contribution in [0.3, 0.4) is 0 Å². The third-order valence-electron chi connectivity index (χ3n) is 2.75. The highest BCUT2D eigenvalue weighted by Crippen LogP contribution is 2.17. The largest absolute Gasteiger partial charge is 0.383 e. The van der Waals surface area contributed by atoms with E-state index in [0.29, 0.717) is 11.9 Å². The predicted octanol–water partition coefficient (Wildman–Crippen LogP) is 2.75. The molecule has 0 radical (unpaired) electrons. The first-order valence-electron chi connectivity index (χ1n) is 5.98. The summed E-state index contributed by atoms with van der Waals surface area (Å²) in [5.41, 5.74) is 6.66. The van der Waals surface area contributed by atoms with E-state index in [4.69, 9.17) is 5.73 Å². The highest BCUT2D eigenvalue weighted by Gasteiger charge is 2.07. The maximum absolute atomic E-state index is 5.73. The van der Waals surface area contributed by atoms with Gasteiger partial charge in [-0.2, -0.15) is 0 Å². The molecule has 1 heterocycles. The average Bonchev–Trinajstić information content (AvgIpc) is 2.25. The van der Waals surface area contributed by atoms with Crippen molar-refractivity contribution in [1.29, 1.82) is 0 Å². The molecule has 0 aromatic carbocycles. The van der Waals surface area contributed by atoms with Crippen LogP contribution in [0.5, 0.6) is 0 Å². The molecule has 0 aliphatic rings. The molecular weight excluding hydrogens is 200 g/mol. The number of nitrogens with zero attached hydrogens (tertiary/aromatic N) is 2. The van der Waals surface area contributed by atoms with E-state index in [1.165, 1.54) is 25.6 Å². The second-order valence-corrected chi connectivity index (χ2v) is 4.27. The second kappa shape index (κ2) is 6.30. The van der Waals surface area contributed by atoms with Crippen LogP contribution in [-0.4, -0.2) is 16.0 Å². The van der Waals surface area contributed by atoms with Gasteiger partial charge in [-0.05, 0) is 20.3 Å². The van der Waals surface area contributed by atoms with Gasteiger partial charge in [0.05, 0.1) is 0 Å². The van der Waals surface area contributed by atoms with Crippen LogP contribution in [-0.2, 0) is 0 Å². The zero-order valence-electron chi connectivity index (χ0n) is 10.5. The van der Waals surface area contributed by atoms with Crippen LogP contribution in [0.2, 0.25) is 0 Å². The molecule has 4 heteroatoms. The molecule has 1 aromatic heterocycles. The molecule has 16 heavy (non-hydrogen) atoms. The molecule has 4 nitrogen and oxygen atoms in total. The van der Waals surface area contributed by atoms with Gasteiger partial charge >= 0.3 is 0 Å². The van der Waals surface area contributed by atoms with E-state index in [2.05, 4.69) is 29.1 Å². The number of hydrogen-bond donors (Lipinski definition) is 2. The Balaban J connectivity index is 2.49. The lowest BCUT2D eigenvalue weighted by molar-refractivity contribution is 0.613. The summed E-state index contributed by atoms with van der Waals surface area (Å²) in [4.78, 5) is 8.15. The Morgan fingerprint density at radius 2 is 2.12 bits per heavy atom. The second-order valence-electron chi connectivity index (χ2n) is 4.27. The van der Waals surface area contributed by atoms with E-state index < -0.39 is 0 Å². The van der Waals surface area contributed by atoms with Crippen molar-refractivity contribution in [3.05, 3.63) is 11.9 Å². The predicted molar refractivity (Wildman–Crippen MR) is 68.4 cm³/mol. The minimum Gasteiger partial charge on any atom is -0.383 e. The van der Waals surface area contributed by atoms with Crippen molar-refractivity contribution < 1.29 is 0 Å². The molecule has 3 N–H and O–H groups in total. The number of aromatic nitrogens is 2. The molecule has 0 amide bonds. The normalized spacial score (nSPS) is 12.4. The SMILES string of the molecule is CCCCCC(C)Nc1ncnc(N)c1C. The van der Waals surface area contributed by atoms with Gasteiger partial charge in [-0.1, -0.05) is 26.2 Å². The Morgan fingerprint density at radius 3 is 2.81 bits per heavy atom. The van der Waals surface area contributed by atoms with Crippen LogP contribution in [0, 0.1) is 6.92 Å². The van der Waals surface area contributed by atoms with Crippen molar-refractivity contribution in [2.75, 3.05) is 11.1 Å². The van der Waals surface area contributed by atoms with Crippen LogP contribution in [0.15, 0.2) is 6.33 Å². The van der Waals surface area contributed by atoms with E-state index in [0.717, 1.165) is 17.8 Å². The third-order valence-corrected chi connectivity index (χ3v) is 2.75. The van der Waals surface area contributed by atoms with Gasteiger partial charge in [-0.25, -0.2) is 9.97 Å². The van der Waals surface area contributed by atoms with Gasteiger partial charge in [0.25, 0.3) is 0 Å². The number of anilines is 2. The van der Waals surface area contributed by atoms with Crippen molar-refractivity contribution in [1.82, 2.24) is 9.97 Å². The highest BCUT2D eigenvalue weighted by molar-refractivity contribution is 5.54. The fourth-order valence-electron chi connectivity index (χ4n) is 1.62. The van der Waals surface area contributed by atoms with Crippen molar-refractivity contribution in [3.8, 4) is 0 Å². The van der Waals surface area contributed by atoms with Crippen molar-refractivity contribution in [2.24, 2.45) is 0 Å². The summed E-state index contributed by atoms with van der Waals surface area (Å²) in [6.45, 7) is 6.33. The van der Waals surface area contributed by atoms with E-state index in [1.807, 2.05) is 6.92 Å². The van der Waals surface area contributed by atoms with Crippen LogP contribution in [0.4, 0.5) is 11.6 Å². The van der Waals surface area contributed by atoms with Gasteiger partial charge in [0.1, 0.15) is 18.0 Å². The summed E-state index contributed by atoms with van der Waals surface area (Å²) in [5, 5.41) is 3.38. The Labute approximate surface area is 97.7 Å². The van der Waals surface area contributed by atoms with E-state index in [-0.39, 0.29) is 0 Å². The summed E-state index contributed by atoms with van der Waals surface area (Å²) in [5.74, 6) is 1.41. The molecule has 1 rings (SSSR count).